The monoisotopic (exact) mass is 520 g/mol. The van der Waals surface area contributed by atoms with Gasteiger partial charge < -0.3 is 14.3 Å². The van der Waals surface area contributed by atoms with Crippen molar-refractivity contribution in [2.24, 2.45) is 19.3 Å². The molecule has 0 bridgehead atoms. The molecule has 1 aliphatic carbocycles. The van der Waals surface area contributed by atoms with Gasteiger partial charge in [-0.3, -0.25) is 4.79 Å². The number of nitriles is 2. The van der Waals surface area contributed by atoms with Gasteiger partial charge in [-0.1, -0.05) is 24.4 Å². The number of aryl methyl sites for hydroxylation is 2. The van der Waals surface area contributed by atoms with Crippen LogP contribution >= 0.6 is 0 Å². The topological polar surface area (TPSA) is 125 Å². The van der Waals surface area contributed by atoms with Crippen LogP contribution in [0.3, 0.4) is 0 Å². The lowest BCUT2D eigenvalue weighted by Gasteiger charge is -2.33. The first-order valence-electron chi connectivity index (χ1n) is 12.4. The standard InChI is InChI=1S/C18H19N5O.C9H14FN3O/c1-22(13-6-4-3-5-7-13)17-14(11-20)18(24)23(2)15-9-8-12(10-19)21-16(15)17;1-9(2,3)14-11-6-7-5-8(10)13(4)12-7/h8-9,13H,3-7H2,1-2H3;5-6H,1-4H3/b;11-6-. The number of fused-ring (bicyclic) bond motifs is 1. The zero-order valence-corrected chi connectivity index (χ0v) is 22.7. The highest BCUT2D eigenvalue weighted by Crippen LogP contribution is 2.32. The summed E-state index contributed by atoms with van der Waals surface area (Å²) in [6.45, 7) is 5.63. The summed E-state index contributed by atoms with van der Waals surface area (Å²) >= 11 is 0. The van der Waals surface area contributed by atoms with Crippen LogP contribution in [0, 0.1) is 28.6 Å². The maximum Gasteiger partial charge on any atom is 0.270 e. The molecule has 4 rings (SSSR count). The van der Waals surface area contributed by atoms with Gasteiger partial charge in [-0.2, -0.15) is 20.0 Å². The van der Waals surface area contributed by atoms with Crippen molar-refractivity contribution in [1.29, 1.82) is 10.5 Å². The SMILES string of the molecule is CN(c1c(C#N)c(=O)n(C)c2ccc(C#N)nc12)C1CCCCC1.Cn1nc(/C=N\OC(C)(C)C)cc1F. The number of anilines is 1. The number of halogens is 1. The van der Waals surface area contributed by atoms with Gasteiger partial charge in [-0.15, -0.1) is 0 Å². The van der Waals surface area contributed by atoms with E-state index in [4.69, 9.17) is 10.1 Å². The van der Waals surface area contributed by atoms with Gasteiger partial charge in [0.25, 0.3) is 5.56 Å². The molecular weight excluding hydrogens is 487 g/mol. The van der Waals surface area contributed by atoms with Crippen LogP contribution in [0.4, 0.5) is 10.1 Å². The fraction of sp³-hybridized carbons (Fsp3) is 0.481. The van der Waals surface area contributed by atoms with Crippen molar-refractivity contribution in [3.63, 3.8) is 0 Å². The van der Waals surface area contributed by atoms with E-state index >= 15 is 0 Å². The summed E-state index contributed by atoms with van der Waals surface area (Å²) in [5.41, 5.74) is 1.88. The molecule has 0 aromatic carbocycles. The van der Waals surface area contributed by atoms with E-state index in [2.05, 4.69) is 21.3 Å². The van der Waals surface area contributed by atoms with Crippen molar-refractivity contribution in [1.82, 2.24) is 19.3 Å². The molecule has 0 unspecified atom stereocenters. The van der Waals surface area contributed by atoms with Crippen LogP contribution in [0.25, 0.3) is 11.0 Å². The van der Waals surface area contributed by atoms with Gasteiger partial charge in [0.1, 0.15) is 40.2 Å². The fourth-order valence-corrected chi connectivity index (χ4v) is 4.32. The second kappa shape index (κ2) is 11.9. The molecule has 0 atom stereocenters. The van der Waals surface area contributed by atoms with Crippen molar-refractivity contribution in [2.45, 2.75) is 64.5 Å². The van der Waals surface area contributed by atoms with Gasteiger partial charge in [0, 0.05) is 33.3 Å². The molecule has 1 fully saturated rings. The van der Waals surface area contributed by atoms with E-state index in [1.807, 2.05) is 38.8 Å². The fourth-order valence-electron chi connectivity index (χ4n) is 4.32. The van der Waals surface area contributed by atoms with Crippen molar-refractivity contribution in [2.75, 3.05) is 11.9 Å². The van der Waals surface area contributed by atoms with Crippen LogP contribution in [0.1, 0.15) is 69.8 Å². The molecule has 3 aromatic rings. The van der Waals surface area contributed by atoms with Crippen molar-refractivity contribution >= 4 is 22.9 Å². The van der Waals surface area contributed by atoms with Crippen LogP contribution < -0.4 is 10.5 Å². The number of oxime groups is 1. The average Bonchev–Trinajstić information content (AvgIpc) is 3.21. The Bertz CT molecular complexity index is 1440. The van der Waals surface area contributed by atoms with Gasteiger partial charge in [0.05, 0.1) is 17.4 Å². The Hall–Kier alpha value is -4.25. The number of pyridine rings is 2. The third-order valence-electron chi connectivity index (χ3n) is 6.27. The third kappa shape index (κ3) is 6.54. The number of aromatic nitrogens is 4. The molecule has 10 nitrogen and oxygen atoms in total. The lowest BCUT2D eigenvalue weighted by Crippen LogP contribution is -2.36. The summed E-state index contributed by atoms with van der Waals surface area (Å²) in [5, 5.41) is 26.3. The first-order chi connectivity index (χ1) is 18.0. The third-order valence-corrected chi connectivity index (χ3v) is 6.27. The van der Waals surface area contributed by atoms with Crippen LogP contribution in [0.15, 0.2) is 28.1 Å². The predicted octanol–water partition coefficient (Wildman–Crippen LogP) is 4.15. The Labute approximate surface area is 221 Å². The molecule has 3 heterocycles. The number of rotatable bonds is 4. The van der Waals surface area contributed by atoms with Gasteiger partial charge in [-0.05, 0) is 45.7 Å². The second-order valence-electron chi connectivity index (χ2n) is 10.2. The number of hydrogen-bond acceptors (Lipinski definition) is 8. The van der Waals surface area contributed by atoms with Crippen molar-refractivity contribution < 1.29 is 9.23 Å². The van der Waals surface area contributed by atoms with Crippen LogP contribution in [-0.4, -0.2) is 44.2 Å². The Morgan fingerprint density at radius 2 is 1.87 bits per heavy atom. The molecular formula is C27H33FN8O2. The Morgan fingerprint density at radius 3 is 2.42 bits per heavy atom. The summed E-state index contributed by atoms with van der Waals surface area (Å²) in [6, 6.07) is 8.99. The molecule has 38 heavy (non-hydrogen) atoms. The molecule has 1 aliphatic rings. The highest BCUT2D eigenvalue weighted by atomic mass is 19.1. The molecule has 0 radical (unpaired) electrons. The summed E-state index contributed by atoms with van der Waals surface area (Å²) < 4.78 is 15.4. The Balaban J connectivity index is 0.000000244. The average molecular weight is 521 g/mol. The van der Waals surface area contributed by atoms with E-state index in [0.717, 1.165) is 30.4 Å². The Morgan fingerprint density at radius 1 is 1.18 bits per heavy atom. The summed E-state index contributed by atoms with van der Waals surface area (Å²) in [7, 11) is 5.08. The minimum absolute atomic E-state index is 0.0978. The maximum absolute atomic E-state index is 12.8. The van der Waals surface area contributed by atoms with Crippen molar-refractivity contribution in [3.05, 3.63) is 51.5 Å². The van der Waals surface area contributed by atoms with Gasteiger partial charge in [-0.25, -0.2) is 9.67 Å². The lowest BCUT2D eigenvalue weighted by molar-refractivity contribution is 0.00196. The highest BCUT2D eigenvalue weighted by molar-refractivity contribution is 5.92. The minimum atomic E-state index is -0.401. The van der Waals surface area contributed by atoms with E-state index in [1.165, 1.54) is 30.3 Å². The second-order valence-corrected chi connectivity index (χ2v) is 10.2. The molecule has 0 amide bonds. The lowest BCUT2D eigenvalue weighted by atomic mass is 9.93. The minimum Gasteiger partial charge on any atom is -0.390 e. The largest absolute Gasteiger partial charge is 0.390 e. The molecule has 0 spiro atoms. The molecule has 0 N–H and O–H groups in total. The molecule has 3 aromatic heterocycles. The first kappa shape index (κ1) is 28.3. The van der Waals surface area contributed by atoms with Gasteiger partial charge in [0.2, 0.25) is 5.95 Å². The van der Waals surface area contributed by atoms with E-state index < -0.39 is 5.95 Å². The zero-order chi connectivity index (χ0) is 28.0. The molecule has 0 saturated heterocycles. The van der Waals surface area contributed by atoms with Gasteiger partial charge >= 0.3 is 0 Å². The van der Waals surface area contributed by atoms with E-state index in [-0.39, 0.29) is 28.5 Å². The number of nitrogens with zero attached hydrogens (tertiary/aromatic N) is 8. The Kier molecular flexibility index (Phi) is 8.84. The summed E-state index contributed by atoms with van der Waals surface area (Å²) in [6.07, 6.45) is 6.98. The van der Waals surface area contributed by atoms with Crippen LogP contribution in [0.2, 0.25) is 0 Å². The highest BCUT2D eigenvalue weighted by Gasteiger charge is 2.25. The molecule has 11 heteroatoms. The van der Waals surface area contributed by atoms with Gasteiger partial charge in [0.15, 0.2) is 0 Å². The summed E-state index contributed by atoms with van der Waals surface area (Å²) in [4.78, 5) is 24.1. The first-order valence-corrected chi connectivity index (χ1v) is 12.4. The summed E-state index contributed by atoms with van der Waals surface area (Å²) in [5.74, 6) is -0.401. The molecule has 0 aliphatic heterocycles. The molecule has 1 saturated carbocycles. The quantitative estimate of drug-likeness (QED) is 0.374. The van der Waals surface area contributed by atoms with E-state index in [9.17, 15) is 14.4 Å². The van der Waals surface area contributed by atoms with Crippen LogP contribution in [0.5, 0.6) is 0 Å². The maximum atomic E-state index is 12.8. The molecule has 200 valence electrons. The number of hydrogen-bond donors (Lipinski definition) is 0. The smallest absolute Gasteiger partial charge is 0.270 e. The van der Waals surface area contributed by atoms with E-state index in [1.54, 1.807) is 19.2 Å². The predicted molar refractivity (Wildman–Crippen MR) is 143 cm³/mol. The normalized spacial score (nSPS) is 14.0. The van der Waals surface area contributed by atoms with Crippen LogP contribution in [-0.2, 0) is 18.9 Å². The van der Waals surface area contributed by atoms with Crippen molar-refractivity contribution in [3.8, 4) is 12.1 Å². The zero-order valence-electron chi connectivity index (χ0n) is 22.7. The van der Waals surface area contributed by atoms with E-state index in [0.29, 0.717) is 22.4 Å².